The summed E-state index contributed by atoms with van der Waals surface area (Å²) in [5, 5.41) is 0. The van der Waals surface area contributed by atoms with Gasteiger partial charge in [-0.3, -0.25) is 9.69 Å². The molecule has 134 valence electrons. The lowest BCUT2D eigenvalue weighted by Gasteiger charge is -2.51. The van der Waals surface area contributed by atoms with Gasteiger partial charge in [-0.05, 0) is 56.3 Å². The minimum atomic E-state index is -0.784. The first kappa shape index (κ1) is 15.7. The molecule has 1 saturated carbocycles. The number of fused-ring (bicyclic) bond motifs is 2. The molecule has 4 aliphatic heterocycles. The number of likely N-dealkylation sites (tertiary alicyclic amines) is 1. The van der Waals surface area contributed by atoms with Gasteiger partial charge in [-0.25, -0.2) is 8.78 Å². The third-order valence-electron chi connectivity index (χ3n) is 7.11. The van der Waals surface area contributed by atoms with Crippen LogP contribution in [0.1, 0.15) is 43.6 Å². The van der Waals surface area contributed by atoms with E-state index >= 15 is 0 Å². The first-order valence-corrected chi connectivity index (χ1v) is 9.63. The topological polar surface area (TPSA) is 23.6 Å². The second-order valence-corrected chi connectivity index (χ2v) is 8.22. The fourth-order valence-corrected chi connectivity index (χ4v) is 5.64. The van der Waals surface area contributed by atoms with Gasteiger partial charge < -0.3 is 4.90 Å². The lowest BCUT2D eigenvalue weighted by molar-refractivity contribution is -0.143. The van der Waals surface area contributed by atoms with E-state index in [1.165, 1.54) is 6.07 Å². The van der Waals surface area contributed by atoms with Crippen LogP contribution in [0.2, 0.25) is 0 Å². The van der Waals surface area contributed by atoms with Gasteiger partial charge in [0.15, 0.2) is 11.6 Å². The van der Waals surface area contributed by atoms with E-state index in [0.29, 0.717) is 18.0 Å². The van der Waals surface area contributed by atoms with Gasteiger partial charge in [0, 0.05) is 24.4 Å². The summed E-state index contributed by atoms with van der Waals surface area (Å²) in [6.07, 6.45) is 5.35. The van der Waals surface area contributed by atoms with Crippen LogP contribution in [-0.4, -0.2) is 47.4 Å². The van der Waals surface area contributed by atoms with Crippen molar-refractivity contribution in [1.29, 1.82) is 0 Å². The molecule has 1 amide bonds. The summed E-state index contributed by atoms with van der Waals surface area (Å²) in [4.78, 5) is 17.5. The van der Waals surface area contributed by atoms with Gasteiger partial charge in [-0.2, -0.15) is 0 Å². The van der Waals surface area contributed by atoms with Crippen molar-refractivity contribution < 1.29 is 13.6 Å². The van der Waals surface area contributed by atoms with Crippen molar-refractivity contribution in [2.75, 3.05) is 19.6 Å². The van der Waals surface area contributed by atoms with Crippen molar-refractivity contribution in [2.45, 2.75) is 50.1 Å². The van der Waals surface area contributed by atoms with Crippen LogP contribution in [0.15, 0.2) is 18.2 Å². The molecule has 1 aliphatic carbocycles. The predicted octanol–water partition coefficient (Wildman–Crippen LogP) is 3.15. The SMILES string of the molecule is O=C(C1CCC1)N1C[C@H](c2cccc(F)c2F)[C@@H]2[C@H]1C1CCN2CC1. The van der Waals surface area contributed by atoms with Crippen LogP contribution >= 0.6 is 0 Å². The van der Waals surface area contributed by atoms with Crippen LogP contribution in [-0.2, 0) is 4.79 Å². The molecule has 4 saturated heterocycles. The molecule has 3 nitrogen and oxygen atoms in total. The summed E-state index contributed by atoms with van der Waals surface area (Å²) in [5.74, 6) is -0.698. The van der Waals surface area contributed by atoms with E-state index < -0.39 is 11.6 Å². The summed E-state index contributed by atoms with van der Waals surface area (Å²) in [6.45, 7) is 2.58. The molecule has 5 heteroatoms. The molecule has 25 heavy (non-hydrogen) atoms. The van der Waals surface area contributed by atoms with E-state index in [2.05, 4.69) is 9.80 Å². The van der Waals surface area contributed by atoms with Crippen LogP contribution in [0.3, 0.4) is 0 Å². The third-order valence-corrected chi connectivity index (χ3v) is 7.11. The number of carbonyl (C=O) groups is 1. The molecule has 5 aliphatic rings. The number of benzene rings is 1. The molecule has 0 aromatic heterocycles. The second-order valence-electron chi connectivity index (χ2n) is 8.22. The lowest BCUT2D eigenvalue weighted by atomic mass is 9.75. The maximum Gasteiger partial charge on any atom is 0.226 e. The molecule has 0 spiro atoms. The van der Waals surface area contributed by atoms with Gasteiger partial charge in [0.2, 0.25) is 5.91 Å². The van der Waals surface area contributed by atoms with E-state index in [4.69, 9.17) is 0 Å². The molecule has 0 unspecified atom stereocenters. The highest BCUT2D eigenvalue weighted by Crippen LogP contribution is 2.48. The molecule has 5 fully saturated rings. The Morgan fingerprint density at radius 2 is 1.80 bits per heavy atom. The summed E-state index contributed by atoms with van der Waals surface area (Å²) >= 11 is 0. The highest BCUT2D eigenvalue weighted by atomic mass is 19.2. The standard InChI is InChI=1S/C20H24F2N2O/c21-16-6-2-5-14(17(16)22)15-11-24(20(25)13-3-1-4-13)18-12-7-9-23(10-8-12)19(15)18/h2,5-6,12-13,15,18-19H,1,3-4,7-11H2/t15-,18-,19-/m1/s1. The molecule has 1 aromatic rings. The van der Waals surface area contributed by atoms with Crippen LogP contribution in [0.25, 0.3) is 0 Å². The first-order chi connectivity index (χ1) is 12.1. The van der Waals surface area contributed by atoms with E-state index in [1.54, 1.807) is 12.1 Å². The monoisotopic (exact) mass is 346 g/mol. The number of nitrogens with zero attached hydrogens (tertiary/aromatic N) is 2. The molecule has 0 N–H and O–H groups in total. The second kappa shape index (κ2) is 5.76. The van der Waals surface area contributed by atoms with Gasteiger partial charge in [0.25, 0.3) is 0 Å². The number of amides is 1. The summed E-state index contributed by atoms with van der Waals surface area (Å²) in [6, 6.07) is 4.81. The molecule has 3 atom stereocenters. The van der Waals surface area contributed by atoms with E-state index in [1.807, 2.05) is 0 Å². The van der Waals surface area contributed by atoms with Crippen molar-refractivity contribution >= 4 is 5.91 Å². The maximum absolute atomic E-state index is 14.5. The number of carbonyl (C=O) groups excluding carboxylic acids is 1. The molecule has 0 radical (unpaired) electrons. The number of hydrogen-bond donors (Lipinski definition) is 0. The van der Waals surface area contributed by atoms with Crippen LogP contribution in [0, 0.1) is 23.5 Å². The van der Waals surface area contributed by atoms with Gasteiger partial charge >= 0.3 is 0 Å². The molecular formula is C20H24F2N2O. The largest absolute Gasteiger partial charge is 0.337 e. The van der Waals surface area contributed by atoms with Crippen LogP contribution in [0.4, 0.5) is 8.78 Å². The van der Waals surface area contributed by atoms with Gasteiger partial charge in [-0.1, -0.05) is 18.6 Å². The minimum Gasteiger partial charge on any atom is -0.337 e. The summed E-state index contributed by atoms with van der Waals surface area (Å²) in [5.41, 5.74) is 0.450. The smallest absolute Gasteiger partial charge is 0.226 e. The lowest BCUT2D eigenvalue weighted by Crippen LogP contribution is -2.61. The Labute approximate surface area is 147 Å². The minimum absolute atomic E-state index is 0.118. The Balaban J connectivity index is 1.53. The first-order valence-electron chi connectivity index (χ1n) is 9.63. The van der Waals surface area contributed by atoms with Gasteiger partial charge in [0.05, 0.1) is 6.04 Å². The quantitative estimate of drug-likeness (QED) is 0.821. The van der Waals surface area contributed by atoms with E-state index in [-0.39, 0.29) is 29.8 Å². The average Bonchev–Trinajstić information content (AvgIpc) is 2.99. The van der Waals surface area contributed by atoms with Crippen molar-refractivity contribution in [2.24, 2.45) is 11.8 Å². The van der Waals surface area contributed by atoms with Crippen molar-refractivity contribution in [3.8, 4) is 0 Å². The number of halogens is 2. The van der Waals surface area contributed by atoms with E-state index in [9.17, 15) is 13.6 Å². The molecule has 2 bridgehead atoms. The Morgan fingerprint density at radius 1 is 1.04 bits per heavy atom. The van der Waals surface area contributed by atoms with Gasteiger partial charge in [-0.15, -0.1) is 0 Å². The Bertz CT molecular complexity index is 697. The van der Waals surface area contributed by atoms with Crippen LogP contribution in [0.5, 0.6) is 0 Å². The number of hydrogen-bond acceptors (Lipinski definition) is 2. The van der Waals surface area contributed by atoms with Crippen molar-refractivity contribution in [1.82, 2.24) is 9.80 Å². The molecule has 6 rings (SSSR count). The van der Waals surface area contributed by atoms with E-state index in [0.717, 1.165) is 45.2 Å². The Kier molecular flexibility index (Phi) is 3.63. The number of piperidine rings is 3. The zero-order valence-corrected chi connectivity index (χ0v) is 14.3. The number of rotatable bonds is 2. The third kappa shape index (κ3) is 2.28. The molecule has 1 aromatic carbocycles. The summed E-state index contributed by atoms with van der Waals surface area (Å²) in [7, 11) is 0. The fourth-order valence-electron chi connectivity index (χ4n) is 5.64. The summed E-state index contributed by atoms with van der Waals surface area (Å²) < 4.78 is 28.3. The fraction of sp³-hybridized carbons (Fsp3) is 0.650. The van der Waals surface area contributed by atoms with Gasteiger partial charge in [0.1, 0.15) is 0 Å². The Hall–Kier alpha value is -1.49. The molecular weight excluding hydrogens is 322 g/mol. The van der Waals surface area contributed by atoms with Crippen LogP contribution < -0.4 is 0 Å². The maximum atomic E-state index is 14.5. The zero-order valence-electron chi connectivity index (χ0n) is 14.3. The molecule has 4 heterocycles. The predicted molar refractivity (Wildman–Crippen MR) is 90.0 cm³/mol. The van der Waals surface area contributed by atoms with Crippen molar-refractivity contribution in [3.63, 3.8) is 0 Å². The zero-order chi connectivity index (χ0) is 17.1. The van der Waals surface area contributed by atoms with Crippen molar-refractivity contribution in [3.05, 3.63) is 35.4 Å². The Morgan fingerprint density at radius 3 is 2.48 bits per heavy atom. The average molecular weight is 346 g/mol. The highest BCUT2D eigenvalue weighted by Gasteiger charge is 2.55. The highest BCUT2D eigenvalue weighted by molar-refractivity contribution is 5.80. The normalized spacial score (nSPS) is 37.0.